The van der Waals surface area contributed by atoms with Gasteiger partial charge in [0.2, 0.25) is 12.0 Å². The van der Waals surface area contributed by atoms with E-state index >= 15 is 0 Å². The van der Waals surface area contributed by atoms with Crippen LogP contribution in [0.5, 0.6) is 0 Å². The number of methoxy groups -OCH3 is 1. The second kappa shape index (κ2) is 12.9. The van der Waals surface area contributed by atoms with Gasteiger partial charge in [0.1, 0.15) is 6.61 Å². The summed E-state index contributed by atoms with van der Waals surface area (Å²) in [6.07, 6.45) is -0.333. The van der Waals surface area contributed by atoms with Crippen molar-refractivity contribution in [2.75, 3.05) is 26.9 Å². The number of carbonyl (C=O) groups is 3. The molecule has 9 heteroatoms. The lowest BCUT2D eigenvalue weighted by molar-refractivity contribution is -0.165. The maximum Gasteiger partial charge on any atom is 0.407 e. The fraction of sp³-hybridized carbons (Fsp3) is 0.423. The summed E-state index contributed by atoms with van der Waals surface area (Å²) in [4.78, 5) is 40.0. The molecule has 35 heavy (non-hydrogen) atoms. The van der Waals surface area contributed by atoms with Crippen LogP contribution in [0.1, 0.15) is 43.2 Å². The number of aliphatic carboxylic acids is 1. The highest BCUT2D eigenvalue weighted by Crippen LogP contribution is 2.44. The first-order valence-electron chi connectivity index (χ1n) is 11.7. The molecule has 1 aliphatic rings. The first-order valence-corrected chi connectivity index (χ1v) is 11.7. The van der Waals surface area contributed by atoms with E-state index in [-0.39, 0.29) is 31.5 Å². The summed E-state index contributed by atoms with van der Waals surface area (Å²) in [7, 11) is 1.35. The summed E-state index contributed by atoms with van der Waals surface area (Å²) < 4.78 is 10.3. The standard InChI is InChI=1S/C26H32N2O7/c1-17(11-12-24(29)28-35-23(16-33-2)25(30)31)13-14-27-26(32)34-15-22-20-9-5-3-7-18(20)19-8-4-6-10-21(19)22/h3-10,17,22-23H,11-16H2,1-2H3,(H,27,32)(H,28,29)(H,30,31). The first kappa shape index (κ1) is 26.2. The molecule has 3 N–H and O–H groups in total. The van der Waals surface area contributed by atoms with Crippen molar-refractivity contribution < 1.29 is 33.8 Å². The minimum atomic E-state index is -1.26. The van der Waals surface area contributed by atoms with Gasteiger partial charge < -0.3 is 19.9 Å². The lowest BCUT2D eigenvalue weighted by atomic mass is 9.98. The van der Waals surface area contributed by atoms with Crippen LogP contribution in [0.2, 0.25) is 0 Å². The van der Waals surface area contributed by atoms with Crippen LogP contribution >= 0.6 is 0 Å². The molecule has 0 saturated carbocycles. The summed E-state index contributed by atoms with van der Waals surface area (Å²) in [5, 5.41) is 11.7. The predicted molar refractivity (Wildman–Crippen MR) is 129 cm³/mol. The predicted octanol–water partition coefficient (Wildman–Crippen LogP) is 3.48. The highest BCUT2D eigenvalue weighted by atomic mass is 16.7. The van der Waals surface area contributed by atoms with Gasteiger partial charge in [-0.25, -0.2) is 15.1 Å². The molecular weight excluding hydrogens is 452 g/mol. The van der Waals surface area contributed by atoms with Crippen molar-refractivity contribution >= 4 is 18.0 Å². The number of carboxylic acid groups (broad SMARTS) is 1. The van der Waals surface area contributed by atoms with Crippen molar-refractivity contribution in [3.05, 3.63) is 59.7 Å². The third-order valence-corrected chi connectivity index (χ3v) is 6.02. The van der Waals surface area contributed by atoms with Gasteiger partial charge in [0.15, 0.2) is 0 Å². The molecule has 0 radical (unpaired) electrons. The number of hydrogen-bond donors (Lipinski definition) is 3. The number of rotatable bonds is 13. The van der Waals surface area contributed by atoms with Crippen molar-refractivity contribution in [2.45, 2.75) is 38.2 Å². The maximum absolute atomic E-state index is 12.3. The van der Waals surface area contributed by atoms with Gasteiger partial charge in [0.25, 0.3) is 0 Å². The lowest BCUT2D eigenvalue weighted by Crippen LogP contribution is -2.37. The summed E-state index contributed by atoms with van der Waals surface area (Å²) in [6.45, 7) is 2.48. The summed E-state index contributed by atoms with van der Waals surface area (Å²) in [5.41, 5.74) is 6.83. The zero-order valence-corrected chi connectivity index (χ0v) is 20.0. The summed E-state index contributed by atoms with van der Waals surface area (Å²) in [5.74, 6) is -1.47. The van der Waals surface area contributed by atoms with Crippen molar-refractivity contribution in [1.29, 1.82) is 0 Å². The normalized spacial score (nSPS) is 13.9. The van der Waals surface area contributed by atoms with Crippen molar-refractivity contribution in [3.8, 4) is 11.1 Å². The molecule has 0 aromatic heterocycles. The van der Waals surface area contributed by atoms with Crippen LogP contribution in [0, 0.1) is 5.92 Å². The van der Waals surface area contributed by atoms with E-state index in [2.05, 4.69) is 35.1 Å². The number of nitrogens with one attached hydrogen (secondary N) is 2. The number of hydroxylamine groups is 1. The monoisotopic (exact) mass is 484 g/mol. The molecule has 0 aliphatic heterocycles. The van der Waals surface area contributed by atoms with Crippen LogP contribution in [0.4, 0.5) is 4.79 Å². The summed E-state index contributed by atoms with van der Waals surface area (Å²) in [6, 6.07) is 16.3. The summed E-state index contributed by atoms with van der Waals surface area (Å²) >= 11 is 0. The maximum atomic E-state index is 12.3. The van der Waals surface area contributed by atoms with Crippen molar-refractivity contribution in [2.24, 2.45) is 5.92 Å². The zero-order valence-electron chi connectivity index (χ0n) is 20.0. The third-order valence-electron chi connectivity index (χ3n) is 6.02. The topological polar surface area (TPSA) is 123 Å². The van der Waals surface area contributed by atoms with Crippen molar-refractivity contribution in [3.63, 3.8) is 0 Å². The minimum absolute atomic E-state index is 0.0115. The van der Waals surface area contributed by atoms with Gasteiger partial charge in [-0.1, -0.05) is 55.5 Å². The molecule has 1 aliphatic carbocycles. The number of benzene rings is 2. The zero-order chi connectivity index (χ0) is 25.2. The van der Waals surface area contributed by atoms with E-state index in [0.717, 1.165) is 11.1 Å². The molecule has 0 bridgehead atoms. The lowest BCUT2D eigenvalue weighted by Gasteiger charge is -2.16. The SMILES string of the molecule is COCC(ONC(=O)CCC(C)CCNC(=O)OCC1c2ccccc2-c2ccccc21)C(=O)O. The molecule has 2 amide bonds. The Hall–Kier alpha value is -3.43. The molecule has 3 rings (SSSR count). The minimum Gasteiger partial charge on any atom is -0.479 e. The van der Waals surface area contributed by atoms with Crippen LogP contribution in [-0.2, 0) is 23.9 Å². The Labute approximate surface area is 204 Å². The average molecular weight is 485 g/mol. The number of alkyl carbamates (subject to hydrolysis) is 1. The molecule has 2 unspecified atom stereocenters. The quantitative estimate of drug-likeness (QED) is 0.372. The van der Waals surface area contributed by atoms with Crippen LogP contribution in [-0.4, -0.2) is 56.0 Å². The molecule has 0 spiro atoms. The molecule has 0 heterocycles. The van der Waals surface area contributed by atoms with E-state index in [4.69, 9.17) is 19.4 Å². The van der Waals surface area contributed by atoms with E-state index < -0.39 is 24.1 Å². The second-order valence-electron chi connectivity index (χ2n) is 8.61. The van der Waals surface area contributed by atoms with Gasteiger partial charge in [-0.15, -0.1) is 0 Å². The Morgan fingerprint density at radius 1 is 1.00 bits per heavy atom. The number of amides is 2. The Balaban J connectivity index is 1.34. The van der Waals surface area contributed by atoms with Crippen LogP contribution < -0.4 is 10.8 Å². The Morgan fingerprint density at radius 2 is 1.63 bits per heavy atom. The van der Waals surface area contributed by atoms with Gasteiger partial charge in [-0.3, -0.25) is 9.63 Å². The Bertz CT molecular complexity index is 981. The molecular formula is C26H32N2O7. The van der Waals surface area contributed by atoms with Crippen LogP contribution in [0.3, 0.4) is 0 Å². The number of fused-ring (bicyclic) bond motifs is 3. The van der Waals surface area contributed by atoms with E-state index in [1.807, 2.05) is 31.2 Å². The smallest absolute Gasteiger partial charge is 0.407 e. The third kappa shape index (κ3) is 7.27. The fourth-order valence-corrected chi connectivity index (χ4v) is 4.09. The first-order chi connectivity index (χ1) is 16.9. The fourth-order valence-electron chi connectivity index (χ4n) is 4.09. The van der Waals surface area contributed by atoms with E-state index in [0.29, 0.717) is 19.4 Å². The molecule has 2 aromatic carbocycles. The highest BCUT2D eigenvalue weighted by molar-refractivity contribution is 5.79. The number of carbonyl (C=O) groups excluding carboxylic acids is 2. The molecule has 188 valence electrons. The largest absolute Gasteiger partial charge is 0.479 e. The molecule has 2 aromatic rings. The van der Waals surface area contributed by atoms with E-state index in [1.54, 1.807) is 0 Å². The molecule has 0 fully saturated rings. The molecule has 9 nitrogen and oxygen atoms in total. The Morgan fingerprint density at radius 3 is 2.23 bits per heavy atom. The highest BCUT2D eigenvalue weighted by Gasteiger charge is 2.29. The van der Waals surface area contributed by atoms with Crippen LogP contribution in [0.15, 0.2) is 48.5 Å². The van der Waals surface area contributed by atoms with Crippen molar-refractivity contribution in [1.82, 2.24) is 10.8 Å². The van der Waals surface area contributed by atoms with Gasteiger partial charge >= 0.3 is 12.1 Å². The number of hydrogen-bond acceptors (Lipinski definition) is 6. The number of ether oxygens (including phenoxy) is 2. The molecule has 2 atom stereocenters. The Kier molecular flexibility index (Phi) is 9.63. The van der Waals surface area contributed by atoms with E-state index in [9.17, 15) is 14.4 Å². The van der Waals surface area contributed by atoms with Crippen LogP contribution in [0.25, 0.3) is 11.1 Å². The van der Waals surface area contributed by atoms with Gasteiger partial charge in [-0.05, 0) is 41.0 Å². The number of carboxylic acids is 1. The molecule has 0 saturated heterocycles. The van der Waals surface area contributed by atoms with E-state index in [1.165, 1.54) is 18.2 Å². The average Bonchev–Trinajstić information content (AvgIpc) is 3.17. The van der Waals surface area contributed by atoms with Gasteiger partial charge in [0, 0.05) is 26.0 Å². The second-order valence-corrected chi connectivity index (χ2v) is 8.61. The van der Waals surface area contributed by atoms with Gasteiger partial charge in [0.05, 0.1) is 6.61 Å². The van der Waals surface area contributed by atoms with Gasteiger partial charge in [-0.2, -0.15) is 0 Å².